The SMILES string of the molecule is C=CCNC(=O)c1ccc(S(=O)(=O)Nc2ccc(F)cc2F)cc1. The van der Waals surface area contributed by atoms with Gasteiger partial charge in [0.25, 0.3) is 15.9 Å². The molecule has 2 N–H and O–H groups in total. The van der Waals surface area contributed by atoms with Crippen LogP contribution in [0.1, 0.15) is 10.4 Å². The summed E-state index contributed by atoms with van der Waals surface area (Å²) in [5.41, 5.74) is -0.104. The highest BCUT2D eigenvalue weighted by molar-refractivity contribution is 7.92. The predicted octanol–water partition coefficient (Wildman–Crippen LogP) is 2.68. The molecule has 2 rings (SSSR count). The minimum atomic E-state index is -4.07. The molecule has 0 heterocycles. The largest absolute Gasteiger partial charge is 0.349 e. The topological polar surface area (TPSA) is 75.3 Å². The second-order valence-electron chi connectivity index (χ2n) is 4.75. The van der Waals surface area contributed by atoms with Gasteiger partial charge in [0.05, 0.1) is 10.6 Å². The summed E-state index contributed by atoms with van der Waals surface area (Å²) in [5.74, 6) is -2.22. The molecule has 2 aromatic rings. The summed E-state index contributed by atoms with van der Waals surface area (Å²) in [6, 6.07) is 7.58. The second kappa shape index (κ2) is 7.22. The van der Waals surface area contributed by atoms with Crippen LogP contribution in [0.2, 0.25) is 0 Å². The van der Waals surface area contributed by atoms with E-state index in [0.29, 0.717) is 6.07 Å². The van der Waals surface area contributed by atoms with E-state index in [1.54, 1.807) is 0 Å². The lowest BCUT2D eigenvalue weighted by atomic mass is 10.2. The van der Waals surface area contributed by atoms with Crippen molar-refractivity contribution in [3.8, 4) is 0 Å². The first-order chi connectivity index (χ1) is 11.3. The smallest absolute Gasteiger partial charge is 0.261 e. The Morgan fingerprint density at radius 2 is 1.79 bits per heavy atom. The lowest BCUT2D eigenvalue weighted by Crippen LogP contribution is -2.23. The summed E-state index contributed by atoms with van der Waals surface area (Å²) in [7, 11) is -4.07. The average Bonchev–Trinajstić information content (AvgIpc) is 2.55. The molecule has 1 amide bonds. The van der Waals surface area contributed by atoms with Crippen molar-refractivity contribution in [2.24, 2.45) is 0 Å². The Morgan fingerprint density at radius 1 is 1.12 bits per heavy atom. The standard InChI is InChI=1S/C16H14F2N2O3S/c1-2-9-19-16(21)11-3-6-13(7-4-11)24(22,23)20-15-8-5-12(17)10-14(15)18/h2-8,10,20H,1,9H2,(H,19,21). The number of rotatable bonds is 6. The van der Waals surface area contributed by atoms with Crippen molar-refractivity contribution in [1.29, 1.82) is 0 Å². The van der Waals surface area contributed by atoms with Crippen LogP contribution in [0.3, 0.4) is 0 Å². The van der Waals surface area contributed by atoms with Crippen LogP contribution >= 0.6 is 0 Å². The van der Waals surface area contributed by atoms with Gasteiger partial charge in [-0.25, -0.2) is 17.2 Å². The van der Waals surface area contributed by atoms with E-state index in [4.69, 9.17) is 0 Å². The molecule has 0 aromatic heterocycles. The van der Waals surface area contributed by atoms with Crippen LogP contribution in [-0.4, -0.2) is 20.9 Å². The number of benzene rings is 2. The molecule has 0 atom stereocenters. The zero-order valence-corrected chi connectivity index (χ0v) is 13.2. The van der Waals surface area contributed by atoms with E-state index in [2.05, 4.69) is 11.9 Å². The van der Waals surface area contributed by atoms with Crippen LogP contribution < -0.4 is 10.0 Å². The van der Waals surface area contributed by atoms with Crippen LogP contribution in [0, 0.1) is 11.6 Å². The minimum Gasteiger partial charge on any atom is -0.349 e. The first-order valence-corrected chi connectivity index (χ1v) is 8.29. The van der Waals surface area contributed by atoms with Gasteiger partial charge in [-0.15, -0.1) is 6.58 Å². The molecule has 0 saturated heterocycles. The fourth-order valence-corrected chi connectivity index (χ4v) is 2.90. The summed E-state index contributed by atoms with van der Waals surface area (Å²) in [5, 5.41) is 2.55. The van der Waals surface area contributed by atoms with Crippen LogP contribution in [0.4, 0.5) is 14.5 Å². The van der Waals surface area contributed by atoms with Gasteiger partial charge in [0.2, 0.25) is 0 Å². The third-order valence-corrected chi connectivity index (χ3v) is 4.39. The van der Waals surface area contributed by atoms with Crippen molar-refractivity contribution in [2.45, 2.75) is 4.90 Å². The van der Waals surface area contributed by atoms with E-state index < -0.39 is 21.7 Å². The summed E-state index contributed by atoms with van der Waals surface area (Å²) in [6.45, 7) is 3.75. The molecule has 0 radical (unpaired) electrons. The van der Waals surface area contributed by atoms with Crippen molar-refractivity contribution < 1.29 is 22.0 Å². The molecule has 8 heteroatoms. The van der Waals surface area contributed by atoms with E-state index in [1.165, 1.54) is 30.3 Å². The molecule has 2 aromatic carbocycles. The quantitative estimate of drug-likeness (QED) is 0.785. The monoisotopic (exact) mass is 352 g/mol. The van der Waals surface area contributed by atoms with Crippen molar-refractivity contribution in [3.05, 3.63) is 72.3 Å². The first kappa shape index (κ1) is 17.6. The van der Waals surface area contributed by atoms with Crippen molar-refractivity contribution in [2.75, 3.05) is 11.3 Å². The maximum absolute atomic E-state index is 13.6. The molecule has 0 spiro atoms. The third-order valence-electron chi connectivity index (χ3n) is 3.01. The van der Waals surface area contributed by atoms with Gasteiger partial charge < -0.3 is 5.32 Å². The van der Waals surface area contributed by atoms with E-state index in [9.17, 15) is 22.0 Å². The number of anilines is 1. The first-order valence-electron chi connectivity index (χ1n) is 6.80. The molecule has 0 bridgehead atoms. The maximum atomic E-state index is 13.6. The highest BCUT2D eigenvalue weighted by Gasteiger charge is 2.17. The van der Waals surface area contributed by atoms with Crippen molar-refractivity contribution in [1.82, 2.24) is 5.32 Å². The van der Waals surface area contributed by atoms with Gasteiger partial charge >= 0.3 is 0 Å². The number of halogens is 2. The van der Waals surface area contributed by atoms with Gasteiger partial charge in [-0.1, -0.05) is 6.08 Å². The normalized spacial score (nSPS) is 10.9. The van der Waals surface area contributed by atoms with Gasteiger partial charge in [0.15, 0.2) is 0 Å². The fraction of sp³-hybridized carbons (Fsp3) is 0.0625. The Morgan fingerprint density at radius 3 is 2.38 bits per heavy atom. The summed E-state index contributed by atoms with van der Waals surface area (Å²) in [4.78, 5) is 11.6. The van der Waals surface area contributed by atoms with Crippen LogP contribution in [0.15, 0.2) is 60.0 Å². The van der Waals surface area contributed by atoms with Crippen molar-refractivity contribution >= 4 is 21.6 Å². The highest BCUT2D eigenvalue weighted by Crippen LogP contribution is 2.20. The lowest BCUT2D eigenvalue weighted by molar-refractivity contribution is 0.0958. The zero-order chi connectivity index (χ0) is 17.7. The van der Waals surface area contributed by atoms with E-state index in [1.807, 2.05) is 4.72 Å². The molecule has 24 heavy (non-hydrogen) atoms. The number of nitrogens with one attached hydrogen (secondary N) is 2. The Balaban J connectivity index is 2.20. The van der Waals surface area contributed by atoms with E-state index >= 15 is 0 Å². The molecule has 0 fully saturated rings. The number of hydrogen-bond donors (Lipinski definition) is 2. The summed E-state index contributed by atoms with van der Waals surface area (Å²) < 4.78 is 52.9. The molecule has 0 aliphatic rings. The second-order valence-corrected chi connectivity index (χ2v) is 6.44. The Kier molecular flexibility index (Phi) is 5.30. The fourth-order valence-electron chi connectivity index (χ4n) is 1.83. The Hall–Kier alpha value is -2.74. The third kappa shape index (κ3) is 4.17. The summed E-state index contributed by atoms with van der Waals surface area (Å²) >= 11 is 0. The number of amides is 1. The van der Waals surface area contributed by atoms with E-state index in [0.717, 1.165) is 12.1 Å². The van der Waals surface area contributed by atoms with Gasteiger partial charge in [-0.3, -0.25) is 9.52 Å². The number of hydrogen-bond acceptors (Lipinski definition) is 3. The number of carbonyl (C=O) groups excluding carboxylic acids is 1. The highest BCUT2D eigenvalue weighted by atomic mass is 32.2. The molecule has 5 nitrogen and oxygen atoms in total. The molecule has 0 saturated carbocycles. The minimum absolute atomic E-state index is 0.161. The number of carbonyl (C=O) groups is 1. The van der Waals surface area contributed by atoms with Crippen LogP contribution in [0.5, 0.6) is 0 Å². The average molecular weight is 352 g/mol. The van der Waals surface area contributed by atoms with Crippen LogP contribution in [0.25, 0.3) is 0 Å². The lowest BCUT2D eigenvalue weighted by Gasteiger charge is -2.09. The van der Waals surface area contributed by atoms with E-state index in [-0.39, 0.29) is 28.6 Å². The Bertz CT molecular complexity index is 865. The zero-order valence-electron chi connectivity index (χ0n) is 12.4. The predicted molar refractivity (Wildman–Crippen MR) is 86.1 cm³/mol. The van der Waals surface area contributed by atoms with Gasteiger partial charge in [0.1, 0.15) is 11.6 Å². The molecule has 126 valence electrons. The number of sulfonamides is 1. The molecule has 0 aliphatic heterocycles. The van der Waals surface area contributed by atoms with Gasteiger partial charge in [0, 0.05) is 18.2 Å². The Labute approximate surface area is 138 Å². The molecule has 0 unspecified atom stereocenters. The molecular weight excluding hydrogens is 338 g/mol. The van der Waals surface area contributed by atoms with Gasteiger partial charge in [-0.2, -0.15) is 0 Å². The summed E-state index contributed by atoms with van der Waals surface area (Å²) in [6.07, 6.45) is 1.51. The molecule has 0 aliphatic carbocycles. The van der Waals surface area contributed by atoms with Crippen LogP contribution in [-0.2, 0) is 10.0 Å². The van der Waals surface area contributed by atoms with Gasteiger partial charge in [-0.05, 0) is 36.4 Å². The van der Waals surface area contributed by atoms with Crippen molar-refractivity contribution in [3.63, 3.8) is 0 Å². The maximum Gasteiger partial charge on any atom is 0.261 e. The molecular formula is C16H14F2N2O3S.